The predicted octanol–water partition coefficient (Wildman–Crippen LogP) is 0.394. The lowest BCUT2D eigenvalue weighted by Crippen LogP contribution is -2.61. The molecule has 4 heterocycles. The summed E-state index contributed by atoms with van der Waals surface area (Å²) in [5.74, 6) is -0.962. The van der Waals surface area contributed by atoms with Crippen molar-refractivity contribution in [3.05, 3.63) is 42.9 Å². The van der Waals surface area contributed by atoms with Crippen LogP contribution in [0.4, 0.5) is 16.3 Å². The molecule has 2 aliphatic rings. The first-order valence-electron chi connectivity index (χ1n) is 14.6. The van der Waals surface area contributed by atoms with Gasteiger partial charge in [-0.2, -0.15) is 5.26 Å². The molecule has 46 heavy (non-hydrogen) atoms. The summed E-state index contributed by atoms with van der Waals surface area (Å²) in [7, 11) is 3.35. The second-order valence-electron chi connectivity index (χ2n) is 11.4. The van der Waals surface area contributed by atoms with Crippen molar-refractivity contribution in [3.8, 4) is 11.8 Å². The number of likely N-dealkylation sites (N-methyl/N-ethyl adjacent to an activating group) is 1. The number of aromatic nitrogens is 3. The lowest BCUT2D eigenvalue weighted by Gasteiger charge is -2.42. The Bertz CT molecular complexity index is 1660. The van der Waals surface area contributed by atoms with E-state index in [0.29, 0.717) is 29.9 Å². The van der Waals surface area contributed by atoms with E-state index in [0.717, 1.165) is 6.42 Å². The summed E-state index contributed by atoms with van der Waals surface area (Å²) >= 11 is 0. The fraction of sp³-hybridized carbons (Fsp3) is 0.467. The summed E-state index contributed by atoms with van der Waals surface area (Å²) in [6.45, 7) is 3.09. The van der Waals surface area contributed by atoms with Crippen molar-refractivity contribution >= 4 is 40.4 Å². The van der Waals surface area contributed by atoms with Crippen LogP contribution in [-0.2, 0) is 14.3 Å². The molecule has 0 bridgehead atoms. The number of aliphatic carboxylic acids is 1. The minimum atomic E-state index is -1.88. The smallest absolute Gasteiger partial charge is 0.335 e. The molecule has 2 amide bonds. The third-order valence-electron chi connectivity index (χ3n) is 8.57. The number of carbonyl (C=O) groups excluding carboxylic acids is 2. The number of aliphatic hydroxyl groups is 3. The molecule has 2 aromatic heterocycles. The minimum Gasteiger partial charge on any atom is -0.479 e. The van der Waals surface area contributed by atoms with Crippen LogP contribution in [0.15, 0.2) is 42.9 Å². The van der Waals surface area contributed by atoms with Crippen molar-refractivity contribution < 1.29 is 44.3 Å². The highest BCUT2D eigenvalue weighted by Crippen LogP contribution is 2.34. The summed E-state index contributed by atoms with van der Waals surface area (Å²) in [6.07, 6.45) is -5.58. The monoisotopic (exact) mass is 637 g/mol. The summed E-state index contributed by atoms with van der Waals surface area (Å²) in [4.78, 5) is 51.6. The van der Waals surface area contributed by atoms with E-state index in [9.17, 15) is 34.8 Å². The molecule has 4 N–H and O–H groups in total. The lowest BCUT2D eigenvalue weighted by molar-refractivity contribution is -0.271. The number of hydrogen-bond acceptors (Lipinski definition) is 12. The number of ether oxygens (including phenoxy) is 2. The molecule has 16 nitrogen and oxygen atoms in total. The fourth-order valence-electron chi connectivity index (χ4n) is 5.86. The molecule has 244 valence electrons. The van der Waals surface area contributed by atoms with Gasteiger partial charge >= 0.3 is 12.0 Å². The van der Waals surface area contributed by atoms with E-state index >= 15 is 0 Å². The Labute approximate surface area is 263 Å². The van der Waals surface area contributed by atoms with Crippen LogP contribution in [-0.4, -0.2) is 122 Å². The van der Waals surface area contributed by atoms with Gasteiger partial charge in [0.2, 0.25) is 12.2 Å². The topological polar surface area (TPSA) is 215 Å². The molecule has 2 saturated heterocycles. The maximum atomic E-state index is 13.8. The Morgan fingerprint density at radius 3 is 2.57 bits per heavy atom. The van der Waals surface area contributed by atoms with E-state index in [1.54, 1.807) is 35.4 Å². The number of rotatable bonds is 7. The number of carboxylic acid groups (broad SMARTS) is 1. The molecule has 2 aliphatic heterocycles. The van der Waals surface area contributed by atoms with Gasteiger partial charge in [0.25, 0.3) is 0 Å². The average molecular weight is 638 g/mol. The molecule has 5 rings (SSSR count). The zero-order valence-electron chi connectivity index (χ0n) is 25.4. The molecule has 2 fully saturated rings. The zero-order chi connectivity index (χ0) is 33.3. The standard InChI is InChI=1S/C30H35N7O9/c1-16-9-12-36(21(38)8-11-31)14-19(16)34(2)26-17-10-13-37(27(17)33-15-32-26)30(44)35(3)18-6-4-5-7-20(18)45-29-24(41)22(39)23(40)25(46-29)28(42)43/h4-7,10,13,15-16,19,22-25,29,39-41H,8-9,12,14H2,1-3H3,(H,42,43)/t16-,19-,22+,23+,24-,25+,29-/m1/s1. The number of benzene rings is 1. The van der Waals surface area contributed by atoms with E-state index in [-0.39, 0.29) is 35.7 Å². The maximum absolute atomic E-state index is 13.8. The Morgan fingerprint density at radius 2 is 1.85 bits per heavy atom. The molecule has 7 atom stereocenters. The molecule has 0 radical (unpaired) electrons. The highest BCUT2D eigenvalue weighted by molar-refractivity contribution is 6.01. The van der Waals surface area contributed by atoms with Crippen molar-refractivity contribution in [2.75, 3.05) is 37.0 Å². The average Bonchev–Trinajstić information content (AvgIpc) is 3.49. The van der Waals surface area contributed by atoms with E-state index in [4.69, 9.17) is 14.7 Å². The number of likely N-dealkylation sites (tertiary alicyclic amines) is 1. The van der Waals surface area contributed by atoms with Crippen LogP contribution in [0, 0.1) is 17.2 Å². The Morgan fingerprint density at radius 1 is 1.11 bits per heavy atom. The van der Waals surface area contributed by atoms with Gasteiger partial charge in [-0.3, -0.25) is 14.3 Å². The number of hydrogen-bond donors (Lipinski definition) is 4. The first-order chi connectivity index (χ1) is 21.9. The summed E-state index contributed by atoms with van der Waals surface area (Å²) in [5.41, 5.74) is 0.544. The van der Waals surface area contributed by atoms with E-state index in [1.165, 1.54) is 28.9 Å². The number of para-hydroxylation sites is 2. The van der Waals surface area contributed by atoms with E-state index in [1.807, 2.05) is 18.0 Å². The van der Waals surface area contributed by atoms with Gasteiger partial charge in [-0.15, -0.1) is 0 Å². The number of nitrogens with zero attached hydrogens (tertiary/aromatic N) is 7. The van der Waals surface area contributed by atoms with Gasteiger partial charge in [0.15, 0.2) is 11.8 Å². The van der Waals surface area contributed by atoms with Crippen LogP contribution in [0.25, 0.3) is 11.0 Å². The molecular formula is C30H35N7O9. The number of anilines is 2. The number of aliphatic hydroxyl groups excluding tert-OH is 3. The van der Waals surface area contributed by atoms with Gasteiger partial charge in [0.1, 0.15) is 42.6 Å². The van der Waals surface area contributed by atoms with Crippen molar-refractivity contribution in [1.29, 1.82) is 5.26 Å². The number of nitriles is 1. The van der Waals surface area contributed by atoms with Crippen molar-refractivity contribution in [2.45, 2.75) is 56.5 Å². The summed E-state index contributed by atoms with van der Waals surface area (Å²) in [6, 6.07) is 9.26. The van der Waals surface area contributed by atoms with Crippen molar-refractivity contribution in [3.63, 3.8) is 0 Å². The molecule has 16 heteroatoms. The number of piperidine rings is 1. The van der Waals surface area contributed by atoms with Gasteiger partial charge in [0.05, 0.1) is 23.2 Å². The van der Waals surface area contributed by atoms with Gasteiger partial charge in [-0.05, 0) is 30.5 Å². The van der Waals surface area contributed by atoms with Gasteiger partial charge in [0, 0.05) is 33.4 Å². The van der Waals surface area contributed by atoms with Crippen LogP contribution < -0.4 is 14.5 Å². The highest BCUT2D eigenvalue weighted by atomic mass is 16.7. The number of amides is 2. The number of fused-ring (bicyclic) bond motifs is 1. The second-order valence-corrected chi connectivity index (χ2v) is 11.4. The molecule has 1 aromatic carbocycles. The maximum Gasteiger partial charge on any atom is 0.335 e. The number of carbonyl (C=O) groups is 3. The fourth-order valence-corrected chi connectivity index (χ4v) is 5.86. The highest BCUT2D eigenvalue weighted by Gasteiger charge is 2.48. The Hall–Kier alpha value is -4.82. The zero-order valence-corrected chi connectivity index (χ0v) is 25.4. The molecular weight excluding hydrogens is 602 g/mol. The van der Waals surface area contributed by atoms with Crippen molar-refractivity contribution in [2.24, 2.45) is 5.92 Å². The Kier molecular flexibility index (Phi) is 9.39. The molecule has 3 aromatic rings. The van der Waals surface area contributed by atoms with Crippen molar-refractivity contribution in [1.82, 2.24) is 19.4 Å². The minimum absolute atomic E-state index is 0.0309. The summed E-state index contributed by atoms with van der Waals surface area (Å²) in [5, 5.41) is 49.6. The van der Waals surface area contributed by atoms with Gasteiger partial charge < -0.3 is 39.7 Å². The first-order valence-corrected chi connectivity index (χ1v) is 14.6. The van der Waals surface area contributed by atoms with Crippen LogP contribution in [0.3, 0.4) is 0 Å². The van der Waals surface area contributed by atoms with E-state index in [2.05, 4.69) is 16.9 Å². The van der Waals surface area contributed by atoms with Crippen LogP contribution in [0.1, 0.15) is 19.8 Å². The van der Waals surface area contributed by atoms with Gasteiger partial charge in [-0.25, -0.2) is 19.6 Å². The van der Waals surface area contributed by atoms with Crippen LogP contribution in [0.5, 0.6) is 5.75 Å². The predicted molar refractivity (Wildman–Crippen MR) is 161 cm³/mol. The third kappa shape index (κ3) is 6.05. The molecule has 0 unspecified atom stereocenters. The second kappa shape index (κ2) is 13.3. The number of carboxylic acids is 1. The first kappa shape index (κ1) is 32.6. The van der Waals surface area contributed by atoms with E-state index < -0.39 is 42.7 Å². The summed E-state index contributed by atoms with van der Waals surface area (Å²) < 4.78 is 12.3. The third-order valence-corrected chi connectivity index (χ3v) is 8.57. The normalized spacial score (nSPS) is 26.3. The molecule has 0 spiro atoms. The Balaban J connectivity index is 1.39. The van der Waals surface area contributed by atoms with Crippen LogP contribution in [0.2, 0.25) is 0 Å². The molecule has 0 aliphatic carbocycles. The van der Waals surface area contributed by atoms with Gasteiger partial charge in [-0.1, -0.05) is 19.1 Å². The van der Waals surface area contributed by atoms with Crippen LogP contribution >= 0.6 is 0 Å². The quantitative estimate of drug-likeness (QED) is 0.276. The lowest BCUT2D eigenvalue weighted by atomic mass is 9.92. The SMILES string of the molecule is C[C@@H]1CCN(C(=O)CC#N)C[C@H]1N(C)c1ncnc2c1ccn2C(=O)N(C)c1ccccc1O[C@@H]1O[C@H](C(=O)O)[C@@H](O)[C@H](O)[C@H]1O. The molecule has 0 saturated carbocycles. The largest absolute Gasteiger partial charge is 0.479 e.